The fraction of sp³-hybridized carbons (Fsp3) is 0.900. The third-order valence-corrected chi connectivity index (χ3v) is 2.18. The number of hydrogen-bond acceptors (Lipinski definition) is 3. The fourth-order valence-corrected chi connectivity index (χ4v) is 1.20. The Balaban J connectivity index is 0.000000292. The number of carbonyl (C=O) groups is 1. The molecule has 14 heavy (non-hydrogen) atoms. The molecule has 0 aliphatic carbocycles. The van der Waals surface area contributed by atoms with Crippen molar-refractivity contribution in [3.05, 3.63) is 0 Å². The second kappa shape index (κ2) is 7.76. The van der Waals surface area contributed by atoms with Crippen LogP contribution < -0.4 is 5.32 Å². The molecule has 0 aromatic carbocycles. The zero-order valence-corrected chi connectivity index (χ0v) is 9.42. The number of carboxylic acid groups (broad SMARTS) is 1. The molecular formula is C10H22N2O2. The maximum Gasteiger partial charge on any atom is 0.303 e. The van der Waals surface area contributed by atoms with E-state index in [-0.39, 0.29) is 6.42 Å². The summed E-state index contributed by atoms with van der Waals surface area (Å²) >= 11 is 0. The molecule has 1 fully saturated rings. The summed E-state index contributed by atoms with van der Waals surface area (Å²) in [5.74, 6) is -0.745. The van der Waals surface area contributed by atoms with Crippen molar-refractivity contribution in [3.8, 4) is 0 Å². The molecule has 0 atom stereocenters. The summed E-state index contributed by atoms with van der Waals surface area (Å²) in [4.78, 5) is 11.9. The SMILES string of the molecule is CC(C)N1CCNCC1.CCC(=O)O. The van der Waals surface area contributed by atoms with Gasteiger partial charge in [0.15, 0.2) is 0 Å². The zero-order valence-electron chi connectivity index (χ0n) is 9.42. The Bertz CT molecular complexity index is 154. The Morgan fingerprint density at radius 1 is 1.43 bits per heavy atom. The van der Waals surface area contributed by atoms with Crippen LogP contribution in [0.4, 0.5) is 0 Å². The molecule has 1 heterocycles. The van der Waals surface area contributed by atoms with E-state index in [1.165, 1.54) is 13.1 Å². The molecule has 0 aromatic rings. The average Bonchev–Trinajstić information content (AvgIpc) is 2.20. The largest absolute Gasteiger partial charge is 0.481 e. The highest BCUT2D eigenvalue weighted by molar-refractivity contribution is 5.66. The van der Waals surface area contributed by atoms with Gasteiger partial charge in [0.1, 0.15) is 0 Å². The third-order valence-electron chi connectivity index (χ3n) is 2.18. The lowest BCUT2D eigenvalue weighted by molar-refractivity contribution is -0.136. The molecule has 0 aromatic heterocycles. The van der Waals surface area contributed by atoms with E-state index in [9.17, 15) is 4.79 Å². The van der Waals surface area contributed by atoms with Crippen molar-refractivity contribution in [2.24, 2.45) is 0 Å². The average molecular weight is 202 g/mol. The van der Waals surface area contributed by atoms with E-state index >= 15 is 0 Å². The van der Waals surface area contributed by atoms with E-state index < -0.39 is 5.97 Å². The number of hydrogen-bond donors (Lipinski definition) is 2. The van der Waals surface area contributed by atoms with Gasteiger partial charge in [0.25, 0.3) is 0 Å². The summed E-state index contributed by atoms with van der Waals surface area (Å²) in [6.07, 6.45) is 0.222. The molecular weight excluding hydrogens is 180 g/mol. The molecule has 1 rings (SSSR count). The van der Waals surface area contributed by atoms with Crippen molar-refractivity contribution in [1.82, 2.24) is 10.2 Å². The van der Waals surface area contributed by atoms with Crippen LogP contribution in [0.15, 0.2) is 0 Å². The number of nitrogens with zero attached hydrogens (tertiary/aromatic N) is 1. The monoisotopic (exact) mass is 202 g/mol. The number of rotatable bonds is 2. The lowest BCUT2D eigenvalue weighted by Crippen LogP contribution is -2.46. The number of piperazine rings is 1. The molecule has 4 nitrogen and oxygen atoms in total. The summed E-state index contributed by atoms with van der Waals surface area (Å²) in [5.41, 5.74) is 0. The van der Waals surface area contributed by atoms with Gasteiger partial charge >= 0.3 is 5.97 Å². The maximum atomic E-state index is 9.37. The van der Waals surface area contributed by atoms with Crippen LogP contribution in [0.2, 0.25) is 0 Å². The third kappa shape index (κ3) is 6.86. The number of carboxylic acids is 1. The highest BCUT2D eigenvalue weighted by Crippen LogP contribution is 1.97. The first-order valence-corrected chi connectivity index (χ1v) is 5.24. The van der Waals surface area contributed by atoms with Gasteiger partial charge in [-0.2, -0.15) is 0 Å². The van der Waals surface area contributed by atoms with E-state index in [0.717, 1.165) is 19.1 Å². The second-order valence-electron chi connectivity index (χ2n) is 3.63. The van der Waals surface area contributed by atoms with Crippen molar-refractivity contribution >= 4 is 5.97 Å². The van der Waals surface area contributed by atoms with Gasteiger partial charge in [0.2, 0.25) is 0 Å². The Kier molecular flexibility index (Phi) is 7.42. The highest BCUT2D eigenvalue weighted by atomic mass is 16.4. The summed E-state index contributed by atoms with van der Waals surface area (Å²) < 4.78 is 0. The molecule has 1 aliphatic heterocycles. The molecule has 0 unspecified atom stereocenters. The van der Waals surface area contributed by atoms with Gasteiger partial charge in [-0.1, -0.05) is 6.92 Å². The van der Waals surface area contributed by atoms with E-state index in [1.54, 1.807) is 6.92 Å². The molecule has 0 spiro atoms. The first-order chi connectivity index (χ1) is 6.57. The lowest BCUT2D eigenvalue weighted by Gasteiger charge is -2.30. The Morgan fingerprint density at radius 2 is 1.86 bits per heavy atom. The van der Waals surface area contributed by atoms with Gasteiger partial charge in [-0.3, -0.25) is 9.69 Å². The Hall–Kier alpha value is -0.610. The van der Waals surface area contributed by atoms with Crippen molar-refractivity contribution < 1.29 is 9.90 Å². The van der Waals surface area contributed by atoms with Gasteiger partial charge in [-0.25, -0.2) is 0 Å². The molecule has 1 aliphatic rings. The summed E-state index contributed by atoms with van der Waals surface area (Å²) in [5, 5.41) is 11.1. The minimum Gasteiger partial charge on any atom is -0.481 e. The van der Waals surface area contributed by atoms with Gasteiger partial charge in [-0.05, 0) is 13.8 Å². The normalized spacial score (nSPS) is 17.4. The minimum absolute atomic E-state index is 0.222. The summed E-state index contributed by atoms with van der Waals surface area (Å²) in [7, 11) is 0. The predicted octanol–water partition coefficient (Wildman–Crippen LogP) is 0.781. The predicted molar refractivity (Wildman–Crippen MR) is 57.5 cm³/mol. The molecule has 4 heteroatoms. The van der Waals surface area contributed by atoms with E-state index in [0.29, 0.717) is 0 Å². The smallest absolute Gasteiger partial charge is 0.303 e. The van der Waals surface area contributed by atoms with Crippen LogP contribution in [0.1, 0.15) is 27.2 Å². The highest BCUT2D eigenvalue weighted by Gasteiger charge is 2.11. The van der Waals surface area contributed by atoms with Gasteiger partial charge < -0.3 is 10.4 Å². The van der Waals surface area contributed by atoms with Crippen LogP contribution in [-0.2, 0) is 4.79 Å². The molecule has 1 saturated heterocycles. The molecule has 84 valence electrons. The van der Waals surface area contributed by atoms with Crippen molar-refractivity contribution in [3.63, 3.8) is 0 Å². The van der Waals surface area contributed by atoms with Crippen LogP contribution >= 0.6 is 0 Å². The Labute approximate surface area is 86.3 Å². The van der Waals surface area contributed by atoms with Crippen molar-refractivity contribution in [2.75, 3.05) is 26.2 Å². The molecule has 2 N–H and O–H groups in total. The van der Waals surface area contributed by atoms with E-state index in [4.69, 9.17) is 5.11 Å². The summed E-state index contributed by atoms with van der Waals surface area (Å²) in [6, 6.07) is 0.729. The number of aliphatic carboxylic acids is 1. The van der Waals surface area contributed by atoms with Crippen LogP contribution in [0.5, 0.6) is 0 Å². The van der Waals surface area contributed by atoms with Gasteiger partial charge in [-0.15, -0.1) is 0 Å². The van der Waals surface area contributed by atoms with Gasteiger partial charge in [0, 0.05) is 38.6 Å². The van der Waals surface area contributed by atoms with Crippen molar-refractivity contribution in [1.29, 1.82) is 0 Å². The topological polar surface area (TPSA) is 52.6 Å². The first kappa shape index (κ1) is 13.4. The molecule has 0 amide bonds. The molecule has 0 saturated carbocycles. The van der Waals surface area contributed by atoms with Crippen LogP contribution in [0, 0.1) is 0 Å². The number of nitrogens with one attached hydrogen (secondary N) is 1. The maximum absolute atomic E-state index is 9.37. The van der Waals surface area contributed by atoms with Crippen LogP contribution in [-0.4, -0.2) is 48.2 Å². The minimum atomic E-state index is -0.745. The lowest BCUT2D eigenvalue weighted by atomic mass is 10.3. The van der Waals surface area contributed by atoms with E-state index in [2.05, 4.69) is 24.1 Å². The standard InChI is InChI=1S/C7H16N2.C3H6O2/c1-7(2)9-5-3-8-4-6-9;1-2-3(4)5/h7-8H,3-6H2,1-2H3;2H2,1H3,(H,4,5). The van der Waals surface area contributed by atoms with E-state index in [1.807, 2.05) is 0 Å². The van der Waals surface area contributed by atoms with Crippen LogP contribution in [0.25, 0.3) is 0 Å². The van der Waals surface area contributed by atoms with Crippen LogP contribution in [0.3, 0.4) is 0 Å². The zero-order chi connectivity index (χ0) is 11.0. The fourth-order valence-electron chi connectivity index (χ4n) is 1.20. The van der Waals surface area contributed by atoms with Gasteiger partial charge in [0.05, 0.1) is 0 Å². The van der Waals surface area contributed by atoms with Crippen molar-refractivity contribution in [2.45, 2.75) is 33.2 Å². The summed E-state index contributed by atoms with van der Waals surface area (Å²) in [6.45, 7) is 10.9. The molecule has 0 bridgehead atoms. The Morgan fingerprint density at radius 3 is 2.07 bits per heavy atom. The second-order valence-corrected chi connectivity index (χ2v) is 3.63. The first-order valence-electron chi connectivity index (χ1n) is 5.24. The quantitative estimate of drug-likeness (QED) is 0.695. The molecule has 0 radical (unpaired) electrons.